The lowest BCUT2D eigenvalue weighted by Gasteiger charge is -2.16. The lowest BCUT2D eigenvalue weighted by Crippen LogP contribution is -2.21. The Labute approximate surface area is 156 Å². The summed E-state index contributed by atoms with van der Waals surface area (Å²) in [4.78, 5) is 0. The zero-order valence-corrected chi connectivity index (χ0v) is 15.4. The van der Waals surface area contributed by atoms with E-state index < -0.39 is 0 Å². The van der Waals surface area contributed by atoms with Crippen molar-refractivity contribution in [2.45, 2.75) is 26.1 Å². The second-order valence-corrected chi connectivity index (χ2v) is 6.42. The highest BCUT2D eigenvalue weighted by Gasteiger charge is 2.26. The van der Waals surface area contributed by atoms with Crippen LogP contribution in [0.2, 0.25) is 10.0 Å². The summed E-state index contributed by atoms with van der Waals surface area (Å²) in [7, 11) is 0. The van der Waals surface area contributed by atoms with Crippen molar-refractivity contribution in [3.63, 3.8) is 0 Å². The Hall–Kier alpha value is -1.46. The average Bonchev–Trinajstić information content (AvgIpc) is 3.18. The molecule has 126 valence electrons. The molecule has 1 atom stereocenters. The minimum absolute atomic E-state index is 0. The van der Waals surface area contributed by atoms with Gasteiger partial charge in [0.15, 0.2) is 0 Å². The Morgan fingerprint density at radius 1 is 1.25 bits per heavy atom. The minimum Gasteiger partial charge on any atom is -0.317 e. The van der Waals surface area contributed by atoms with Crippen LogP contribution in [0.15, 0.2) is 42.9 Å². The molecule has 0 aliphatic carbocycles. The summed E-state index contributed by atoms with van der Waals surface area (Å²) in [6.07, 6.45) is 6.02. The predicted molar refractivity (Wildman–Crippen MR) is 99.6 cm³/mol. The summed E-state index contributed by atoms with van der Waals surface area (Å²) in [5.74, 6) is 0. The summed E-state index contributed by atoms with van der Waals surface area (Å²) in [5, 5.41) is 9.41. The van der Waals surface area contributed by atoms with Crippen molar-refractivity contribution in [3.05, 3.63) is 69.7 Å². The van der Waals surface area contributed by atoms with Crippen molar-refractivity contribution >= 4 is 35.6 Å². The maximum atomic E-state index is 6.47. The smallest absolute Gasteiger partial charge is 0.0768 e. The second-order valence-electron chi connectivity index (χ2n) is 5.60. The van der Waals surface area contributed by atoms with E-state index in [4.69, 9.17) is 23.2 Å². The van der Waals surface area contributed by atoms with Crippen molar-refractivity contribution in [2.75, 3.05) is 0 Å². The summed E-state index contributed by atoms with van der Waals surface area (Å²) >= 11 is 12.9. The molecule has 1 aliphatic heterocycles. The Bertz CT molecular complexity index is 869. The fraction of sp³-hybridized carbons (Fsp3) is 0.235. The number of rotatable bonds is 2. The Kier molecular flexibility index (Phi) is 4.92. The number of nitrogens with zero attached hydrogens (tertiary/aromatic N) is 3. The van der Waals surface area contributed by atoms with Gasteiger partial charge in [-0.3, -0.25) is 4.68 Å². The summed E-state index contributed by atoms with van der Waals surface area (Å²) < 4.78 is 4.06. The first-order chi connectivity index (χ1) is 11.2. The third kappa shape index (κ3) is 2.74. The molecule has 0 spiro atoms. The van der Waals surface area contributed by atoms with E-state index in [2.05, 4.69) is 34.2 Å². The van der Waals surface area contributed by atoms with E-state index in [0.29, 0.717) is 11.6 Å². The summed E-state index contributed by atoms with van der Waals surface area (Å²) in [6, 6.07) is 7.88. The van der Waals surface area contributed by atoms with Gasteiger partial charge in [0.2, 0.25) is 0 Å². The van der Waals surface area contributed by atoms with Crippen molar-refractivity contribution < 1.29 is 0 Å². The molecule has 0 amide bonds. The van der Waals surface area contributed by atoms with Crippen LogP contribution in [0.3, 0.4) is 0 Å². The molecule has 3 heterocycles. The van der Waals surface area contributed by atoms with Crippen LogP contribution in [0.25, 0.3) is 5.69 Å². The normalized spacial score (nSPS) is 16.0. The maximum Gasteiger partial charge on any atom is 0.0768 e. The number of aryl methyl sites for hydroxylation is 1. The van der Waals surface area contributed by atoms with E-state index in [0.717, 1.165) is 34.1 Å². The van der Waals surface area contributed by atoms with Gasteiger partial charge in [0.25, 0.3) is 0 Å². The number of hydrogen-bond acceptors (Lipinski definition) is 2. The highest BCUT2D eigenvalue weighted by molar-refractivity contribution is 6.35. The highest BCUT2D eigenvalue weighted by atomic mass is 35.5. The molecule has 24 heavy (non-hydrogen) atoms. The third-order valence-corrected chi connectivity index (χ3v) is 4.95. The third-order valence-electron chi connectivity index (χ3n) is 4.29. The van der Waals surface area contributed by atoms with Gasteiger partial charge in [-0.2, -0.15) is 5.10 Å². The van der Waals surface area contributed by atoms with Gasteiger partial charge >= 0.3 is 0 Å². The standard InChI is InChI=1S/C17H16Cl2N4.ClH/c1-2-22-10-11(8-21-22)16-15-4-3-7-23(15)17-12(9-20-16)13(18)5-6-14(17)19;/h3-8,10,16,20H,2,9H2,1H3;1H. The number of fused-ring (bicyclic) bond motifs is 3. The van der Waals surface area contributed by atoms with E-state index in [9.17, 15) is 0 Å². The number of halogens is 3. The van der Waals surface area contributed by atoms with Crippen molar-refractivity contribution in [1.82, 2.24) is 19.7 Å². The van der Waals surface area contributed by atoms with Gasteiger partial charge in [-0.15, -0.1) is 12.4 Å². The Morgan fingerprint density at radius 2 is 2.04 bits per heavy atom. The zero-order valence-electron chi connectivity index (χ0n) is 13.0. The van der Waals surface area contributed by atoms with Crippen molar-refractivity contribution in [3.8, 4) is 5.69 Å². The number of benzene rings is 1. The highest BCUT2D eigenvalue weighted by Crippen LogP contribution is 2.36. The second kappa shape index (κ2) is 6.81. The summed E-state index contributed by atoms with van der Waals surface area (Å²) in [6.45, 7) is 3.58. The number of hydrogen-bond donors (Lipinski definition) is 1. The van der Waals surface area contributed by atoms with E-state index >= 15 is 0 Å². The maximum absolute atomic E-state index is 6.47. The van der Waals surface area contributed by atoms with Gasteiger partial charge in [0.05, 0.1) is 22.9 Å². The topological polar surface area (TPSA) is 34.8 Å². The number of nitrogens with one attached hydrogen (secondary N) is 1. The molecular formula is C17H17Cl3N4. The van der Waals surface area contributed by atoms with Gasteiger partial charge < -0.3 is 9.88 Å². The van der Waals surface area contributed by atoms with Crippen LogP contribution in [-0.4, -0.2) is 14.3 Å². The van der Waals surface area contributed by atoms with Crippen molar-refractivity contribution in [1.29, 1.82) is 0 Å². The first kappa shape index (κ1) is 17.4. The fourth-order valence-electron chi connectivity index (χ4n) is 3.14. The summed E-state index contributed by atoms with van der Waals surface area (Å²) in [5.41, 5.74) is 4.23. The molecule has 1 aliphatic rings. The molecule has 1 aromatic carbocycles. The van der Waals surface area contributed by atoms with Crippen molar-refractivity contribution in [2.24, 2.45) is 0 Å². The van der Waals surface area contributed by atoms with Gasteiger partial charge in [0.1, 0.15) is 0 Å². The molecule has 1 unspecified atom stereocenters. The molecule has 0 saturated carbocycles. The Balaban J connectivity index is 0.00000169. The monoisotopic (exact) mass is 382 g/mol. The first-order valence-electron chi connectivity index (χ1n) is 7.59. The van der Waals surface area contributed by atoms with Crippen LogP contribution < -0.4 is 5.32 Å². The number of aromatic nitrogens is 3. The molecular weight excluding hydrogens is 367 g/mol. The molecule has 1 N–H and O–H groups in total. The first-order valence-corrected chi connectivity index (χ1v) is 8.35. The Morgan fingerprint density at radius 3 is 2.79 bits per heavy atom. The molecule has 7 heteroatoms. The van der Waals surface area contributed by atoms with E-state index in [1.54, 1.807) is 0 Å². The fourth-order valence-corrected chi connectivity index (χ4v) is 3.63. The van der Waals surface area contributed by atoms with E-state index in [1.165, 1.54) is 0 Å². The van der Waals surface area contributed by atoms with Gasteiger partial charge in [-0.1, -0.05) is 23.2 Å². The lowest BCUT2D eigenvalue weighted by molar-refractivity contribution is 0.598. The van der Waals surface area contributed by atoms with Crippen LogP contribution in [-0.2, 0) is 13.1 Å². The molecule has 0 saturated heterocycles. The molecule has 0 fully saturated rings. The molecule has 2 aromatic heterocycles. The van der Waals surface area contributed by atoms with Crippen LogP contribution in [0.1, 0.15) is 29.8 Å². The molecule has 0 bridgehead atoms. The van der Waals surface area contributed by atoms with Crippen LogP contribution in [0.5, 0.6) is 0 Å². The molecule has 4 rings (SSSR count). The lowest BCUT2D eigenvalue weighted by atomic mass is 10.1. The van der Waals surface area contributed by atoms with E-state index in [-0.39, 0.29) is 18.4 Å². The predicted octanol–water partition coefficient (Wildman–Crippen LogP) is 4.61. The SMILES string of the molecule is CCn1cc(C2NCc3c(Cl)ccc(Cl)c3-n3cccc32)cn1.Cl. The molecule has 0 radical (unpaired) electrons. The van der Waals surface area contributed by atoms with Gasteiger partial charge in [-0.05, 0) is 31.2 Å². The molecule has 3 aromatic rings. The van der Waals surface area contributed by atoms with E-state index in [1.807, 2.05) is 35.3 Å². The van der Waals surface area contributed by atoms with Gasteiger partial charge in [-0.25, -0.2) is 0 Å². The van der Waals surface area contributed by atoms with Gasteiger partial charge in [0, 0.05) is 47.3 Å². The largest absolute Gasteiger partial charge is 0.317 e. The quantitative estimate of drug-likeness (QED) is 0.701. The zero-order chi connectivity index (χ0) is 16.0. The molecule has 4 nitrogen and oxygen atoms in total. The minimum atomic E-state index is 0. The van der Waals surface area contributed by atoms with Crippen LogP contribution >= 0.6 is 35.6 Å². The van der Waals surface area contributed by atoms with Crippen LogP contribution in [0.4, 0.5) is 0 Å². The van der Waals surface area contributed by atoms with Crippen LogP contribution in [0, 0.1) is 0 Å². The average molecular weight is 384 g/mol.